The Kier molecular flexibility index (Phi) is 11.9. The zero-order chi connectivity index (χ0) is 19.0. The van der Waals surface area contributed by atoms with Crippen LogP contribution in [0.25, 0.3) is 0 Å². The van der Waals surface area contributed by atoms with Crippen molar-refractivity contribution < 1.29 is 9.53 Å². The summed E-state index contributed by atoms with van der Waals surface area (Å²) in [6.45, 7) is 10.6. The molecule has 0 unspecified atom stereocenters. The Bertz CT molecular complexity index is 520. The summed E-state index contributed by atoms with van der Waals surface area (Å²) in [6.07, 6.45) is 2.02. The number of ether oxygens (including phenoxy) is 1. The molecule has 146 valence electrons. The van der Waals surface area contributed by atoms with Gasteiger partial charge in [-0.1, -0.05) is 30.3 Å². The van der Waals surface area contributed by atoms with Crippen molar-refractivity contribution in [3.63, 3.8) is 0 Å². The third kappa shape index (κ3) is 9.42. The smallest absolute Gasteiger partial charge is 0.244 e. The molecule has 0 fully saturated rings. The maximum absolute atomic E-state index is 12.5. The number of amides is 1. The van der Waals surface area contributed by atoms with Gasteiger partial charge in [0.05, 0.1) is 0 Å². The summed E-state index contributed by atoms with van der Waals surface area (Å²) in [7, 11) is 0. The molecule has 0 aromatic heterocycles. The van der Waals surface area contributed by atoms with Crippen molar-refractivity contribution in [2.75, 3.05) is 39.4 Å². The number of hydrogen-bond donors (Lipinski definition) is 2. The lowest BCUT2D eigenvalue weighted by Crippen LogP contribution is -2.39. The second-order valence-corrected chi connectivity index (χ2v) is 5.92. The molecule has 26 heavy (non-hydrogen) atoms. The molecular formula is C20H34N4O2. The summed E-state index contributed by atoms with van der Waals surface area (Å²) < 4.78 is 5.33. The highest BCUT2D eigenvalue weighted by atomic mass is 16.5. The van der Waals surface area contributed by atoms with Gasteiger partial charge in [0, 0.05) is 39.4 Å². The maximum Gasteiger partial charge on any atom is 0.244 e. The monoisotopic (exact) mass is 362 g/mol. The lowest BCUT2D eigenvalue weighted by atomic mass is 10.2. The van der Waals surface area contributed by atoms with Crippen molar-refractivity contribution in [1.29, 1.82) is 0 Å². The van der Waals surface area contributed by atoms with E-state index >= 15 is 0 Å². The molecular weight excluding hydrogens is 328 g/mol. The van der Waals surface area contributed by atoms with E-state index in [0.29, 0.717) is 19.0 Å². The first-order valence-electron chi connectivity index (χ1n) is 9.62. The van der Waals surface area contributed by atoms with Crippen LogP contribution in [-0.4, -0.2) is 56.2 Å². The number of hydrogen-bond acceptors (Lipinski definition) is 3. The van der Waals surface area contributed by atoms with Crippen molar-refractivity contribution in [1.82, 2.24) is 15.5 Å². The maximum atomic E-state index is 12.5. The van der Waals surface area contributed by atoms with Gasteiger partial charge in [-0.05, 0) is 39.2 Å². The molecule has 1 amide bonds. The number of unbranched alkanes of at least 4 members (excludes halogenated alkanes) is 1. The highest BCUT2D eigenvalue weighted by molar-refractivity contribution is 5.84. The fraction of sp³-hybridized carbons (Fsp3) is 0.600. The van der Waals surface area contributed by atoms with Gasteiger partial charge in [-0.25, -0.2) is 4.99 Å². The molecule has 2 N–H and O–H groups in total. The Balaban J connectivity index is 2.45. The number of benzene rings is 1. The van der Waals surface area contributed by atoms with E-state index in [1.807, 2.05) is 56.0 Å². The Morgan fingerprint density at radius 3 is 2.54 bits per heavy atom. The van der Waals surface area contributed by atoms with Gasteiger partial charge in [0.15, 0.2) is 5.96 Å². The number of guanidine groups is 1. The average Bonchev–Trinajstić information content (AvgIpc) is 2.67. The third-order valence-electron chi connectivity index (χ3n) is 3.88. The molecule has 0 saturated carbocycles. The van der Waals surface area contributed by atoms with E-state index < -0.39 is 0 Å². The van der Waals surface area contributed by atoms with Crippen molar-refractivity contribution >= 4 is 11.9 Å². The molecule has 1 rings (SSSR count). The summed E-state index contributed by atoms with van der Waals surface area (Å²) >= 11 is 0. The van der Waals surface area contributed by atoms with Crippen LogP contribution in [0.1, 0.15) is 39.2 Å². The van der Waals surface area contributed by atoms with E-state index in [4.69, 9.17) is 4.74 Å². The molecule has 0 heterocycles. The highest BCUT2D eigenvalue weighted by Gasteiger charge is 2.11. The number of carbonyl (C=O) groups excluding carboxylic acids is 1. The zero-order valence-electron chi connectivity index (χ0n) is 16.5. The van der Waals surface area contributed by atoms with E-state index in [2.05, 4.69) is 15.6 Å². The van der Waals surface area contributed by atoms with E-state index in [1.165, 1.54) is 0 Å². The predicted molar refractivity (Wildman–Crippen MR) is 107 cm³/mol. The van der Waals surface area contributed by atoms with Crippen LogP contribution >= 0.6 is 0 Å². The lowest BCUT2D eigenvalue weighted by molar-refractivity contribution is -0.130. The van der Waals surface area contributed by atoms with Crippen LogP contribution in [0.2, 0.25) is 0 Å². The van der Waals surface area contributed by atoms with Crippen molar-refractivity contribution in [2.24, 2.45) is 4.99 Å². The molecule has 1 aromatic rings. The van der Waals surface area contributed by atoms with E-state index in [-0.39, 0.29) is 12.5 Å². The molecule has 0 aliphatic heterocycles. The van der Waals surface area contributed by atoms with Crippen LogP contribution in [-0.2, 0) is 16.1 Å². The van der Waals surface area contributed by atoms with Gasteiger partial charge in [-0.3, -0.25) is 4.79 Å². The van der Waals surface area contributed by atoms with Gasteiger partial charge in [0.2, 0.25) is 5.91 Å². The largest absolute Gasteiger partial charge is 0.382 e. The van der Waals surface area contributed by atoms with E-state index in [9.17, 15) is 4.79 Å². The molecule has 0 aliphatic carbocycles. The van der Waals surface area contributed by atoms with Crippen LogP contribution in [0.15, 0.2) is 35.3 Å². The summed E-state index contributed by atoms with van der Waals surface area (Å²) in [5, 5.41) is 6.46. The molecule has 0 radical (unpaired) electrons. The first-order chi connectivity index (χ1) is 12.7. The first-order valence-corrected chi connectivity index (χ1v) is 9.62. The number of nitrogens with zero attached hydrogens (tertiary/aromatic N) is 2. The third-order valence-corrected chi connectivity index (χ3v) is 3.88. The number of nitrogens with one attached hydrogen (secondary N) is 2. The van der Waals surface area contributed by atoms with Gasteiger partial charge < -0.3 is 20.3 Å². The van der Waals surface area contributed by atoms with Crippen molar-refractivity contribution in [3.05, 3.63) is 35.9 Å². The number of aliphatic imine (C=N–C) groups is 1. The molecule has 0 bridgehead atoms. The summed E-state index contributed by atoms with van der Waals surface area (Å²) in [4.78, 5) is 18.7. The lowest BCUT2D eigenvalue weighted by Gasteiger charge is -2.20. The number of carbonyl (C=O) groups is 1. The van der Waals surface area contributed by atoms with Crippen LogP contribution in [0.4, 0.5) is 0 Å². The minimum Gasteiger partial charge on any atom is -0.382 e. The first kappa shape index (κ1) is 22.0. The van der Waals surface area contributed by atoms with Gasteiger partial charge in [-0.15, -0.1) is 0 Å². The Labute approximate surface area is 158 Å². The van der Waals surface area contributed by atoms with Crippen molar-refractivity contribution in [2.45, 2.75) is 40.2 Å². The minimum atomic E-state index is 0.0323. The summed E-state index contributed by atoms with van der Waals surface area (Å²) in [5.74, 6) is 0.720. The number of likely N-dealkylation sites (N-methyl/N-ethyl adjacent to an activating group) is 1. The van der Waals surface area contributed by atoms with Gasteiger partial charge >= 0.3 is 0 Å². The predicted octanol–water partition coefficient (Wildman–Crippen LogP) is 2.41. The van der Waals surface area contributed by atoms with Gasteiger partial charge in [0.1, 0.15) is 6.54 Å². The van der Waals surface area contributed by atoms with Crippen LogP contribution in [0.5, 0.6) is 0 Å². The fourth-order valence-corrected chi connectivity index (χ4v) is 2.45. The fourth-order valence-electron chi connectivity index (χ4n) is 2.45. The Hall–Kier alpha value is -2.08. The Morgan fingerprint density at radius 1 is 1.12 bits per heavy atom. The summed E-state index contributed by atoms with van der Waals surface area (Å²) in [5.41, 5.74) is 1.13. The van der Waals surface area contributed by atoms with Crippen LogP contribution in [0.3, 0.4) is 0 Å². The molecule has 0 aliphatic rings. The summed E-state index contributed by atoms with van der Waals surface area (Å²) in [6, 6.07) is 10.0. The van der Waals surface area contributed by atoms with E-state index in [1.54, 1.807) is 0 Å². The highest BCUT2D eigenvalue weighted by Crippen LogP contribution is 2.04. The second kappa shape index (κ2) is 14.1. The van der Waals surface area contributed by atoms with Crippen molar-refractivity contribution in [3.8, 4) is 0 Å². The van der Waals surface area contributed by atoms with Gasteiger partial charge in [0.25, 0.3) is 0 Å². The Morgan fingerprint density at radius 2 is 1.88 bits per heavy atom. The van der Waals surface area contributed by atoms with Crippen LogP contribution < -0.4 is 10.6 Å². The zero-order valence-corrected chi connectivity index (χ0v) is 16.5. The quantitative estimate of drug-likeness (QED) is 0.340. The minimum absolute atomic E-state index is 0.0323. The SMILES string of the molecule is CCNC(=NCC(=O)N(CC)Cc1ccccc1)NCCCCOCC. The molecule has 0 spiro atoms. The molecule has 6 nitrogen and oxygen atoms in total. The molecule has 0 saturated heterocycles. The second-order valence-electron chi connectivity index (χ2n) is 5.92. The van der Waals surface area contributed by atoms with Crippen LogP contribution in [0, 0.1) is 0 Å². The standard InChI is InChI=1S/C20H34N4O2/c1-4-21-20(22-14-10-11-15-26-6-3)23-16-19(25)24(5-2)17-18-12-8-7-9-13-18/h7-9,12-13H,4-6,10-11,14-17H2,1-3H3,(H2,21,22,23). The molecule has 1 aromatic carbocycles. The van der Waals surface area contributed by atoms with E-state index in [0.717, 1.165) is 44.7 Å². The molecule has 6 heteroatoms. The normalized spacial score (nSPS) is 11.3. The number of rotatable bonds is 12. The van der Waals surface area contributed by atoms with Gasteiger partial charge in [-0.2, -0.15) is 0 Å². The average molecular weight is 363 g/mol. The topological polar surface area (TPSA) is 66.0 Å². The molecule has 0 atom stereocenters.